The molecule has 17 heavy (non-hydrogen) atoms. The van der Waals surface area contributed by atoms with E-state index in [1.807, 2.05) is 6.92 Å². The molecule has 0 atom stereocenters. The van der Waals surface area contributed by atoms with Crippen LogP contribution in [-0.2, 0) is 16.1 Å². The lowest BCUT2D eigenvalue weighted by Crippen LogP contribution is -2.33. The summed E-state index contributed by atoms with van der Waals surface area (Å²) in [5.41, 5.74) is 6.64. The number of likely N-dealkylation sites (N-methyl/N-ethyl adjacent to an activating group) is 1. The second-order valence-electron chi connectivity index (χ2n) is 3.68. The Labute approximate surface area is 99.9 Å². The van der Waals surface area contributed by atoms with Crippen LogP contribution in [-0.4, -0.2) is 42.0 Å². The van der Waals surface area contributed by atoms with Crippen molar-refractivity contribution in [1.82, 2.24) is 9.47 Å². The van der Waals surface area contributed by atoms with Gasteiger partial charge in [0.1, 0.15) is 12.2 Å². The molecule has 0 saturated heterocycles. The molecule has 6 nitrogen and oxygen atoms in total. The van der Waals surface area contributed by atoms with Crippen molar-refractivity contribution < 1.29 is 14.3 Å². The van der Waals surface area contributed by atoms with Crippen molar-refractivity contribution in [2.24, 2.45) is 0 Å². The quantitative estimate of drug-likeness (QED) is 0.768. The Morgan fingerprint density at radius 2 is 2.18 bits per heavy atom. The largest absolute Gasteiger partial charge is 0.468 e. The molecule has 1 aromatic rings. The number of rotatable bonds is 4. The zero-order valence-corrected chi connectivity index (χ0v) is 10.3. The number of nitrogens with zero attached hydrogens (tertiary/aromatic N) is 2. The average molecular weight is 239 g/mol. The van der Waals surface area contributed by atoms with E-state index >= 15 is 0 Å². The lowest BCUT2D eigenvalue weighted by atomic mass is 10.3. The molecule has 0 saturated carbocycles. The number of ether oxygens (including phenoxy) is 1. The summed E-state index contributed by atoms with van der Waals surface area (Å²) in [6, 6.07) is 1.60. The Morgan fingerprint density at radius 3 is 2.71 bits per heavy atom. The van der Waals surface area contributed by atoms with Gasteiger partial charge in [-0.25, -0.2) is 0 Å². The van der Waals surface area contributed by atoms with Crippen molar-refractivity contribution in [1.29, 1.82) is 0 Å². The Hall–Kier alpha value is -1.98. The first-order valence-corrected chi connectivity index (χ1v) is 5.27. The fourth-order valence-corrected chi connectivity index (χ4v) is 1.50. The van der Waals surface area contributed by atoms with E-state index in [1.165, 1.54) is 12.0 Å². The Kier molecular flexibility index (Phi) is 4.14. The fourth-order valence-electron chi connectivity index (χ4n) is 1.50. The first-order valence-electron chi connectivity index (χ1n) is 5.27. The zero-order chi connectivity index (χ0) is 13.0. The number of nitrogens with two attached hydrogens (primary N) is 1. The van der Waals surface area contributed by atoms with Crippen LogP contribution < -0.4 is 5.73 Å². The first kappa shape index (κ1) is 13.1. The first-order chi connectivity index (χ1) is 7.99. The van der Waals surface area contributed by atoms with Crippen LogP contribution in [0.5, 0.6) is 0 Å². The summed E-state index contributed by atoms with van der Waals surface area (Å²) in [6.45, 7) is 2.48. The molecule has 1 amide bonds. The van der Waals surface area contributed by atoms with Crippen LogP contribution >= 0.6 is 0 Å². The van der Waals surface area contributed by atoms with Gasteiger partial charge in [-0.3, -0.25) is 9.59 Å². The van der Waals surface area contributed by atoms with Crippen molar-refractivity contribution in [3.05, 3.63) is 18.0 Å². The highest BCUT2D eigenvalue weighted by molar-refractivity contribution is 5.95. The molecule has 0 aromatic carbocycles. The van der Waals surface area contributed by atoms with Crippen LogP contribution in [0.25, 0.3) is 0 Å². The molecule has 2 N–H and O–H groups in total. The Balaban J connectivity index is 2.84. The number of esters is 1. The fraction of sp³-hybridized carbons (Fsp3) is 0.455. The summed E-state index contributed by atoms with van der Waals surface area (Å²) >= 11 is 0. The summed E-state index contributed by atoms with van der Waals surface area (Å²) in [5, 5.41) is 0. The number of carbonyl (C=O) groups is 2. The molecule has 0 aliphatic rings. The topological polar surface area (TPSA) is 77.6 Å². The molecule has 1 aromatic heterocycles. The second kappa shape index (κ2) is 5.38. The van der Waals surface area contributed by atoms with E-state index in [-0.39, 0.29) is 12.5 Å². The predicted octanol–water partition coefficient (Wildman–Crippen LogP) is 0.335. The van der Waals surface area contributed by atoms with E-state index in [2.05, 4.69) is 4.74 Å². The molecular weight excluding hydrogens is 222 g/mol. The number of nitrogen functional groups attached to an aromatic ring is 1. The minimum absolute atomic E-state index is 0.0792. The highest BCUT2D eigenvalue weighted by atomic mass is 16.5. The lowest BCUT2D eigenvalue weighted by molar-refractivity contribution is -0.141. The maximum absolute atomic E-state index is 12.0. The maximum atomic E-state index is 12.0. The van der Waals surface area contributed by atoms with Crippen LogP contribution in [0.15, 0.2) is 12.3 Å². The molecule has 0 aliphatic carbocycles. The van der Waals surface area contributed by atoms with E-state index in [9.17, 15) is 9.59 Å². The normalized spacial score (nSPS) is 10.1. The summed E-state index contributed by atoms with van der Waals surface area (Å²) < 4.78 is 6.25. The van der Waals surface area contributed by atoms with Gasteiger partial charge in [0, 0.05) is 19.8 Å². The van der Waals surface area contributed by atoms with Crippen LogP contribution in [0.4, 0.5) is 5.69 Å². The molecule has 1 rings (SSSR count). The van der Waals surface area contributed by atoms with Gasteiger partial charge in [0.25, 0.3) is 5.91 Å². The molecule has 1 heterocycles. The van der Waals surface area contributed by atoms with Gasteiger partial charge in [-0.2, -0.15) is 0 Å². The molecular formula is C11H17N3O3. The van der Waals surface area contributed by atoms with Crippen LogP contribution in [0.2, 0.25) is 0 Å². The van der Waals surface area contributed by atoms with Gasteiger partial charge in [0.05, 0.1) is 12.8 Å². The number of hydrogen-bond donors (Lipinski definition) is 1. The van der Waals surface area contributed by atoms with E-state index in [0.29, 0.717) is 17.9 Å². The lowest BCUT2D eigenvalue weighted by Gasteiger charge is -2.16. The van der Waals surface area contributed by atoms with Crippen molar-refractivity contribution in [3.63, 3.8) is 0 Å². The molecule has 0 radical (unpaired) electrons. The monoisotopic (exact) mass is 239 g/mol. The van der Waals surface area contributed by atoms with Gasteiger partial charge in [-0.15, -0.1) is 0 Å². The molecule has 0 aliphatic heterocycles. The minimum Gasteiger partial charge on any atom is -0.468 e. The summed E-state index contributed by atoms with van der Waals surface area (Å²) in [5.74, 6) is -0.711. The van der Waals surface area contributed by atoms with Crippen molar-refractivity contribution in [3.8, 4) is 0 Å². The van der Waals surface area contributed by atoms with Gasteiger partial charge in [0.15, 0.2) is 0 Å². The van der Waals surface area contributed by atoms with Gasteiger partial charge >= 0.3 is 5.97 Å². The van der Waals surface area contributed by atoms with Crippen LogP contribution in [0.3, 0.4) is 0 Å². The zero-order valence-electron chi connectivity index (χ0n) is 10.3. The standard InChI is InChI=1S/C11H17N3O3/c1-4-14-6-8(12)5-9(14)11(16)13(2)7-10(15)17-3/h5-6H,4,7,12H2,1-3H3. The third-order valence-corrected chi connectivity index (χ3v) is 2.42. The SMILES string of the molecule is CCn1cc(N)cc1C(=O)N(C)CC(=O)OC. The molecule has 0 bridgehead atoms. The second-order valence-corrected chi connectivity index (χ2v) is 3.68. The van der Waals surface area contributed by atoms with Gasteiger partial charge < -0.3 is 19.9 Å². The van der Waals surface area contributed by atoms with Crippen molar-refractivity contribution >= 4 is 17.6 Å². The number of hydrogen-bond acceptors (Lipinski definition) is 4. The Bertz CT molecular complexity index is 426. The van der Waals surface area contributed by atoms with Gasteiger partial charge in [-0.1, -0.05) is 0 Å². The highest BCUT2D eigenvalue weighted by Gasteiger charge is 2.18. The number of carbonyl (C=O) groups excluding carboxylic acids is 2. The smallest absolute Gasteiger partial charge is 0.325 e. The van der Waals surface area contributed by atoms with Crippen LogP contribution in [0.1, 0.15) is 17.4 Å². The number of methoxy groups -OCH3 is 1. The molecule has 0 fully saturated rings. The highest BCUT2D eigenvalue weighted by Crippen LogP contribution is 2.12. The maximum Gasteiger partial charge on any atom is 0.325 e. The predicted molar refractivity (Wildman–Crippen MR) is 63.5 cm³/mol. The number of aromatic nitrogens is 1. The summed E-state index contributed by atoms with van der Waals surface area (Å²) in [6.07, 6.45) is 1.69. The number of amides is 1. The van der Waals surface area contributed by atoms with E-state index in [0.717, 1.165) is 0 Å². The summed E-state index contributed by atoms with van der Waals surface area (Å²) in [7, 11) is 2.83. The summed E-state index contributed by atoms with van der Waals surface area (Å²) in [4.78, 5) is 24.4. The molecule has 0 unspecified atom stereocenters. The molecule has 94 valence electrons. The van der Waals surface area contributed by atoms with Crippen molar-refractivity contribution in [2.75, 3.05) is 26.4 Å². The third-order valence-electron chi connectivity index (χ3n) is 2.42. The molecule has 6 heteroatoms. The number of anilines is 1. The van der Waals surface area contributed by atoms with E-state index < -0.39 is 5.97 Å². The average Bonchev–Trinajstić information content (AvgIpc) is 2.69. The number of aryl methyl sites for hydroxylation is 1. The van der Waals surface area contributed by atoms with E-state index in [4.69, 9.17) is 5.73 Å². The van der Waals surface area contributed by atoms with Gasteiger partial charge in [-0.05, 0) is 13.0 Å². The Morgan fingerprint density at radius 1 is 1.53 bits per heavy atom. The van der Waals surface area contributed by atoms with Crippen LogP contribution in [0, 0.1) is 0 Å². The van der Waals surface area contributed by atoms with Crippen molar-refractivity contribution in [2.45, 2.75) is 13.5 Å². The molecule has 0 spiro atoms. The van der Waals surface area contributed by atoms with E-state index in [1.54, 1.807) is 23.9 Å². The van der Waals surface area contributed by atoms with Gasteiger partial charge in [0.2, 0.25) is 0 Å². The minimum atomic E-state index is -0.455. The third kappa shape index (κ3) is 2.99.